The number of rotatable bonds is 5. The molecule has 1 aromatic heterocycles. The molecule has 1 heterocycles. The predicted octanol–water partition coefficient (Wildman–Crippen LogP) is 2.96. The Kier molecular flexibility index (Phi) is 5.55. The number of esters is 1. The molecule has 0 saturated heterocycles. The van der Waals surface area contributed by atoms with Crippen molar-refractivity contribution in [3.8, 4) is 5.88 Å². The number of carbonyl (C=O) groups excluding carboxylic acids is 1. The maximum atomic E-state index is 13.6. The molecule has 1 rings (SSSR count). The van der Waals surface area contributed by atoms with Gasteiger partial charge in [0.1, 0.15) is 5.82 Å². The van der Waals surface area contributed by atoms with E-state index in [1.54, 1.807) is 0 Å². The Morgan fingerprint density at radius 3 is 2.60 bits per heavy atom. The fraction of sp³-hybridized carbons (Fsp3) is 0.455. The van der Waals surface area contributed by atoms with Crippen molar-refractivity contribution in [2.45, 2.75) is 25.6 Å². The highest BCUT2D eigenvalue weighted by Crippen LogP contribution is 2.27. The molecule has 112 valence electrons. The third-order valence-corrected chi connectivity index (χ3v) is 2.35. The van der Waals surface area contributed by atoms with E-state index in [-0.39, 0.29) is 12.2 Å². The van der Waals surface area contributed by atoms with Gasteiger partial charge in [-0.3, -0.25) is 4.79 Å². The first-order valence-corrected chi connectivity index (χ1v) is 5.96. The Morgan fingerprint density at radius 1 is 1.45 bits per heavy atom. The van der Waals surface area contributed by atoms with E-state index >= 15 is 0 Å². The van der Waals surface area contributed by atoms with Crippen molar-refractivity contribution in [1.82, 2.24) is 4.98 Å². The largest absolute Gasteiger partial charge is 0.574 e. The van der Waals surface area contributed by atoms with Crippen molar-refractivity contribution in [2.75, 3.05) is 6.61 Å². The van der Waals surface area contributed by atoms with E-state index in [1.165, 1.54) is 6.92 Å². The van der Waals surface area contributed by atoms with Crippen LogP contribution in [-0.2, 0) is 21.8 Å². The van der Waals surface area contributed by atoms with Crippen molar-refractivity contribution in [3.05, 3.63) is 23.1 Å². The number of aromatic nitrogens is 1. The van der Waals surface area contributed by atoms with Crippen LogP contribution in [0.25, 0.3) is 0 Å². The quantitative estimate of drug-likeness (QED) is 0.476. The van der Waals surface area contributed by atoms with Crippen molar-refractivity contribution in [1.29, 1.82) is 0 Å². The van der Waals surface area contributed by atoms with Gasteiger partial charge in [-0.25, -0.2) is 9.37 Å². The molecule has 0 spiro atoms. The van der Waals surface area contributed by atoms with Gasteiger partial charge < -0.3 is 9.47 Å². The summed E-state index contributed by atoms with van der Waals surface area (Å²) in [5.74, 6) is -3.07. The lowest BCUT2D eigenvalue weighted by Crippen LogP contribution is -2.20. The number of alkyl halides is 4. The zero-order valence-electron chi connectivity index (χ0n) is 10.3. The van der Waals surface area contributed by atoms with Gasteiger partial charge in [-0.15, -0.1) is 24.8 Å². The van der Waals surface area contributed by atoms with Crippen LogP contribution in [0, 0.1) is 5.82 Å². The lowest BCUT2D eigenvalue weighted by Gasteiger charge is -2.13. The molecule has 1 aromatic rings. The minimum absolute atomic E-state index is 0.0616. The van der Waals surface area contributed by atoms with Crippen LogP contribution in [-0.4, -0.2) is 23.9 Å². The van der Waals surface area contributed by atoms with Crippen molar-refractivity contribution < 1.29 is 31.8 Å². The van der Waals surface area contributed by atoms with Crippen LogP contribution in [0.5, 0.6) is 5.88 Å². The number of nitrogens with zero attached hydrogens (tertiary/aromatic N) is 1. The van der Waals surface area contributed by atoms with E-state index < -0.39 is 42.0 Å². The molecule has 0 aliphatic heterocycles. The van der Waals surface area contributed by atoms with Crippen LogP contribution in [0.3, 0.4) is 0 Å². The van der Waals surface area contributed by atoms with Crippen LogP contribution in [0.4, 0.5) is 17.6 Å². The van der Waals surface area contributed by atoms with Crippen LogP contribution in [0.2, 0.25) is 0 Å². The first-order chi connectivity index (χ1) is 9.26. The number of hydrogen-bond donors (Lipinski definition) is 0. The van der Waals surface area contributed by atoms with Crippen molar-refractivity contribution >= 4 is 17.6 Å². The molecule has 0 atom stereocenters. The summed E-state index contributed by atoms with van der Waals surface area (Å²) in [6.45, 7) is 1.60. The molecule has 0 aliphatic carbocycles. The zero-order valence-corrected chi connectivity index (χ0v) is 11.0. The molecular weight excluding hydrogens is 306 g/mol. The molecule has 0 unspecified atom stereocenters. The average molecular weight is 316 g/mol. The Hall–Kier alpha value is -1.57. The van der Waals surface area contributed by atoms with Gasteiger partial charge in [0.15, 0.2) is 0 Å². The molecule has 0 aliphatic rings. The number of carbonyl (C=O) groups is 1. The molecule has 0 bridgehead atoms. The Balaban J connectivity index is 3.07. The number of halogens is 5. The highest BCUT2D eigenvalue weighted by molar-refractivity contribution is 6.17. The second kappa shape index (κ2) is 6.74. The molecular formula is C11H10ClF4NO3. The average Bonchev–Trinajstić information content (AvgIpc) is 2.31. The summed E-state index contributed by atoms with van der Waals surface area (Å²) in [7, 11) is 0. The maximum Gasteiger partial charge on any atom is 0.574 e. The molecule has 4 nitrogen and oxygen atoms in total. The summed E-state index contributed by atoms with van der Waals surface area (Å²) in [6.07, 6.45) is -5.59. The molecule has 20 heavy (non-hydrogen) atoms. The van der Waals surface area contributed by atoms with Gasteiger partial charge in [0, 0.05) is 5.56 Å². The maximum absolute atomic E-state index is 13.6. The van der Waals surface area contributed by atoms with Crippen LogP contribution >= 0.6 is 11.6 Å². The fourth-order valence-corrected chi connectivity index (χ4v) is 1.50. The summed E-state index contributed by atoms with van der Waals surface area (Å²) >= 11 is 5.40. The van der Waals surface area contributed by atoms with Crippen LogP contribution in [0.15, 0.2) is 6.07 Å². The molecule has 0 saturated carbocycles. The van der Waals surface area contributed by atoms with Gasteiger partial charge in [0.05, 0.1) is 24.6 Å². The van der Waals surface area contributed by atoms with E-state index in [1.807, 2.05) is 0 Å². The van der Waals surface area contributed by atoms with E-state index in [2.05, 4.69) is 14.5 Å². The monoisotopic (exact) mass is 315 g/mol. The van der Waals surface area contributed by atoms with E-state index in [0.717, 1.165) is 6.07 Å². The van der Waals surface area contributed by atoms with Crippen LogP contribution in [0.1, 0.15) is 18.2 Å². The fourth-order valence-electron chi connectivity index (χ4n) is 1.31. The van der Waals surface area contributed by atoms with Crippen LogP contribution < -0.4 is 4.74 Å². The normalized spacial score (nSPS) is 11.3. The second-order valence-electron chi connectivity index (χ2n) is 3.54. The second-order valence-corrected chi connectivity index (χ2v) is 3.81. The molecule has 0 radical (unpaired) electrons. The molecule has 0 amide bonds. The summed E-state index contributed by atoms with van der Waals surface area (Å²) < 4.78 is 58.3. The smallest absolute Gasteiger partial charge is 0.466 e. The Bertz CT molecular complexity index is 493. The topological polar surface area (TPSA) is 48.4 Å². The van der Waals surface area contributed by atoms with Gasteiger partial charge in [0.2, 0.25) is 5.88 Å². The summed E-state index contributed by atoms with van der Waals surface area (Å²) in [5, 5.41) is 0. The van der Waals surface area contributed by atoms with Gasteiger partial charge >= 0.3 is 12.3 Å². The third kappa shape index (κ3) is 4.84. The van der Waals surface area contributed by atoms with Gasteiger partial charge in [-0.1, -0.05) is 0 Å². The number of hydrogen-bond acceptors (Lipinski definition) is 4. The van der Waals surface area contributed by atoms with E-state index in [0.29, 0.717) is 0 Å². The number of ether oxygens (including phenoxy) is 2. The van der Waals surface area contributed by atoms with Crippen molar-refractivity contribution in [2.24, 2.45) is 0 Å². The third-order valence-electron chi connectivity index (χ3n) is 2.06. The standard InChI is InChI=1S/C11H10ClF4NO3/c1-2-19-9(18)4-8-7(13)3-6(5-12)10(17-8)20-11(14,15)16/h3H,2,4-5H2,1H3. The predicted molar refractivity (Wildman–Crippen MR) is 60.8 cm³/mol. The van der Waals surface area contributed by atoms with Gasteiger partial charge in [0.25, 0.3) is 0 Å². The summed E-state index contributed by atoms with van der Waals surface area (Å²) in [6, 6.07) is 0.746. The summed E-state index contributed by atoms with van der Waals surface area (Å²) in [4.78, 5) is 14.5. The van der Waals surface area contributed by atoms with Gasteiger partial charge in [-0.05, 0) is 13.0 Å². The van der Waals surface area contributed by atoms with Crippen molar-refractivity contribution in [3.63, 3.8) is 0 Å². The van der Waals surface area contributed by atoms with Gasteiger partial charge in [-0.2, -0.15) is 0 Å². The first kappa shape index (κ1) is 16.5. The zero-order chi connectivity index (χ0) is 15.3. The minimum Gasteiger partial charge on any atom is -0.466 e. The molecule has 9 heteroatoms. The Morgan fingerprint density at radius 2 is 2.10 bits per heavy atom. The van der Waals surface area contributed by atoms with E-state index in [9.17, 15) is 22.4 Å². The Labute approximate surface area is 116 Å². The lowest BCUT2D eigenvalue weighted by atomic mass is 10.2. The summed E-state index contributed by atoms with van der Waals surface area (Å²) in [5.41, 5.74) is -0.773. The molecule has 0 fully saturated rings. The van der Waals surface area contributed by atoms with E-state index in [4.69, 9.17) is 11.6 Å². The SMILES string of the molecule is CCOC(=O)Cc1nc(OC(F)(F)F)c(CCl)cc1F. The number of pyridine rings is 1. The highest BCUT2D eigenvalue weighted by Gasteiger charge is 2.33. The molecule has 0 N–H and O–H groups in total. The minimum atomic E-state index is -4.99. The lowest BCUT2D eigenvalue weighted by molar-refractivity contribution is -0.276. The highest BCUT2D eigenvalue weighted by atomic mass is 35.5. The molecule has 0 aromatic carbocycles. The first-order valence-electron chi connectivity index (χ1n) is 5.42.